The quantitative estimate of drug-likeness (QED) is 0.780. The third kappa shape index (κ3) is 3.35. The van der Waals surface area contributed by atoms with Gasteiger partial charge in [0.2, 0.25) is 0 Å². The van der Waals surface area contributed by atoms with Gasteiger partial charge in [-0.15, -0.1) is 5.10 Å². The molecule has 1 aromatic heterocycles. The average molecular weight is 278 g/mol. The Balaban J connectivity index is 1.72. The highest BCUT2D eigenvalue weighted by molar-refractivity contribution is 5.63. The fraction of sp³-hybridized carbons (Fsp3) is 0.176. The van der Waals surface area contributed by atoms with Gasteiger partial charge in [-0.1, -0.05) is 59.8 Å². The molecule has 0 saturated heterocycles. The van der Waals surface area contributed by atoms with E-state index in [-0.39, 0.29) is 0 Å². The van der Waals surface area contributed by atoms with Gasteiger partial charge in [-0.2, -0.15) is 0 Å². The second-order valence-electron chi connectivity index (χ2n) is 5.00. The lowest BCUT2D eigenvalue weighted by atomic mass is 10.0. The van der Waals surface area contributed by atoms with Crippen LogP contribution >= 0.6 is 0 Å². The molecule has 2 aromatic carbocycles. The number of nitrogens with zero attached hydrogens (tertiary/aromatic N) is 3. The summed E-state index contributed by atoms with van der Waals surface area (Å²) in [7, 11) is 1.90. The summed E-state index contributed by atoms with van der Waals surface area (Å²) in [4.78, 5) is 0. The van der Waals surface area contributed by atoms with E-state index < -0.39 is 0 Å². The molecule has 0 aliphatic rings. The minimum atomic E-state index is 0.742. The summed E-state index contributed by atoms with van der Waals surface area (Å²) in [6.07, 6.45) is 1.97. The van der Waals surface area contributed by atoms with Crippen molar-refractivity contribution in [3.63, 3.8) is 0 Å². The van der Waals surface area contributed by atoms with Gasteiger partial charge in [-0.25, -0.2) is 4.68 Å². The minimum Gasteiger partial charge on any atom is -0.314 e. The number of benzene rings is 2. The van der Waals surface area contributed by atoms with Gasteiger partial charge in [-0.3, -0.25) is 0 Å². The normalized spacial score (nSPS) is 10.7. The van der Waals surface area contributed by atoms with Gasteiger partial charge in [0, 0.05) is 6.54 Å². The molecule has 0 saturated carbocycles. The summed E-state index contributed by atoms with van der Waals surface area (Å²) in [5, 5.41) is 11.3. The molecule has 4 nitrogen and oxygen atoms in total. The molecule has 3 aromatic rings. The van der Waals surface area contributed by atoms with Crippen molar-refractivity contribution in [1.29, 1.82) is 0 Å². The van der Waals surface area contributed by atoms with Gasteiger partial charge < -0.3 is 5.32 Å². The van der Waals surface area contributed by atoms with Crippen LogP contribution in [0.15, 0.2) is 60.8 Å². The van der Waals surface area contributed by atoms with Crippen LogP contribution in [0.4, 0.5) is 0 Å². The largest absolute Gasteiger partial charge is 0.314 e. The summed E-state index contributed by atoms with van der Waals surface area (Å²) in [5.74, 6) is 0. The summed E-state index contributed by atoms with van der Waals surface area (Å²) in [6, 6.07) is 19.0. The number of aromatic nitrogens is 3. The van der Waals surface area contributed by atoms with Crippen molar-refractivity contribution in [3.05, 3.63) is 72.1 Å². The van der Waals surface area contributed by atoms with E-state index >= 15 is 0 Å². The lowest BCUT2D eigenvalue weighted by molar-refractivity contribution is 0.649. The lowest BCUT2D eigenvalue weighted by Gasteiger charge is -2.04. The standard InChI is InChI=1S/C17H18N4/c1-18-11-17-13-21(20-19-17)12-14-7-9-16(10-8-14)15-5-3-2-4-6-15/h2-10,13,18H,11-12H2,1H3. The predicted molar refractivity (Wildman–Crippen MR) is 83.8 cm³/mol. The maximum Gasteiger partial charge on any atom is 0.0964 e. The first-order valence-electron chi connectivity index (χ1n) is 7.03. The summed E-state index contributed by atoms with van der Waals surface area (Å²) >= 11 is 0. The molecule has 1 heterocycles. The minimum absolute atomic E-state index is 0.742. The molecule has 0 spiro atoms. The number of hydrogen-bond donors (Lipinski definition) is 1. The SMILES string of the molecule is CNCc1cn(Cc2ccc(-c3ccccc3)cc2)nn1. The molecule has 4 heteroatoms. The molecule has 0 radical (unpaired) electrons. The zero-order valence-electron chi connectivity index (χ0n) is 12.0. The average Bonchev–Trinajstić information content (AvgIpc) is 2.97. The predicted octanol–water partition coefficient (Wildman–Crippen LogP) is 2.71. The third-order valence-corrected chi connectivity index (χ3v) is 3.35. The zero-order valence-corrected chi connectivity index (χ0v) is 12.0. The van der Waals surface area contributed by atoms with Crippen LogP contribution in [0, 0.1) is 0 Å². The molecule has 1 N–H and O–H groups in total. The lowest BCUT2D eigenvalue weighted by Crippen LogP contribution is -2.05. The van der Waals surface area contributed by atoms with Gasteiger partial charge in [0.05, 0.1) is 18.4 Å². The topological polar surface area (TPSA) is 42.7 Å². The molecule has 0 bridgehead atoms. The molecule has 0 aliphatic carbocycles. The van der Waals surface area contributed by atoms with Crippen LogP contribution in [-0.4, -0.2) is 22.0 Å². The monoisotopic (exact) mass is 278 g/mol. The maximum atomic E-state index is 4.14. The fourth-order valence-electron chi connectivity index (χ4n) is 2.30. The Morgan fingerprint density at radius 3 is 2.38 bits per heavy atom. The maximum absolute atomic E-state index is 4.14. The van der Waals surface area contributed by atoms with E-state index in [0.717, 1.165) is 18.8 Å². The number of rotatable bonds is 5. The van der Waals surface area contributed by atoms with Gasteiger partial charge in [0.15, 0.2) is 0 Å². The molecule has 106 valence electrons. The van der Waals surface area contributed by atoms with Gasteiger partial charge in [0.1, 0.15) is 0 Å². The van der Waals surface area contributed by atoms with Crippen LogP contribution in [0.2, 0.25) is 0 Å². The van der Waals surface area contributed by atoms with E-state index in [1.54, 1.807) is 0 Å². The fourth-order valence-corrected chi connectivity index (χ4v) is 2.30. The molecule has 0 amide bonds. The third-order valence-electron chi connectivity index (χ3n) is 3.35. The summed E-state index contributed by atoms with van der Waals surface area (Å²) in [6.45, 7) is 1.48. The Morgan fingerprint density at radius 2 is 1.67 bits per heavy atom. The Bertz CT molecular complexity index is 686. The van der Waals surface area contributed by atoms with Gasteiger partial charge in [-0.05, 0) is 23.7 Å². The molecule has 0 fully saturated rings. The van der Waals surface area contributed by atoms with Crippen molar-refractivity contribution in [2.45, 2.75) is 13.1 Å². The molecular formula is C17H18N4. The van der Waals surface area contributed by atoms with Crippen LogP contribution in [0.3, 0.4) is 0 Å². The van der Waals surface area contributed by atoms with Crippen LogP contribution < -0.4 is 5.32 Å². The van der Waals surface area contributed by atoms with Crippen LogP contribution in [0.5, 0.6) is 0 Å². The second-order valence-corrected chi connectivity index (χ2v) is 5.00. The van der Waals surface area contributed by atoms with Crippen molar-refractivity contribution >= 4 is 0 Å². The van der Waals surface area contributed by atoms with Gasteiger partial charge >= 0.3 is 0 Å². The highest BCUT2D eigenvalue weighted by atomic mass is 15.4. The Kier molecular flexibility index (Phi) is 4.07. The van der Waals surface area contributed by atoms with Crippen molar-refractivity contribution in [2.75, 3.05) is 7.05 Å². The first-order chi connectivity index (χ1) is 10.3. The first kappa shape index (κ1) is 13.5. The summed E-state index contributed by atoms with van der Waals surface area (Å²) in [5.41, 5.74) is 4.64. The van der Waals surface area contributed by atoms with Crippen LogP contribution in [-0.2, 0) is 13.1 Å². The summed E-state index contributed by atoms with van der Waals surface area (Å²) < 4.78 is 1.87. The van der Waals surface area contributed by atoms with Crippen LogP contribution in [0.25, 0.3) is 11.1 Å². The van der Waals surface area contributed by atoms with E-state index in [1.165, 1.54) is 16.7 Å². The smallest absolute Gasteiger partial charge is 0.0964 e. The van der Waals surface area contributed by atoms with E-state index in [2.05, 4.69) is 64.2 Å². The van der Waals surface area contributed by atoms with Crippen molar-refractivity contribution in [1.82, 2.24) is 20.3 Å². The van der Waals surface area contributed by atoms with E-state index in [0.29, 0.717) is 0 Å². The Morgan fingerprint density at radius 1 is 0.952 bits per heavy atom. The molecule has 0 aliphatic heterocycles. The molecular weight excluding hydrogens is 260 g/mol. The van der Waals surface area contributed by atoms with E-state index in [4.69, 9.17) is 0 Å². The molecule has 0 unspecified atom stereocenters. The van der Waals surface area contributed by atoms with Crippen molar-refractivity contribution < 1.29 is 0 Å². The van der Waals surface area contributed by atoms with Crippen molar-refractivity contribution in [3.8, 4) is 11.1 Å². The molecule has 21 heavy (non-hydrogen) atoms. The van der Waals surface area contributed by atoms with Crippen LogP contribution in [0.1, 0.15) is 11.3 Å². The molecule has 0 atom stereocenters. The number of hydrogen-bond acceptors (Lipinski definition) is 3. The Hall–Kier alpha value is -2.46. The van der Waals surface area contributed by atoms with Gasteiger partial charge in [0.25, 0.3) is 0 Å². The van der Waals surface area contributed by atoms with Crippen molar-refractivity contribution in [2.24, 2.45) is 0 Å². The Labute approximate surface area is 124 Å². The van der Waals surface area contributed by atoms with E-state index in [1.807, 2.05) is 24.0 Å². The second kappa shape index (κ2) is 6.33. The highest BCUT2D eigenvalue weighted by Gasteiger charge is 2.02. The zero-order chi connectivity index (χ0) is 14.5. The number of nitrogens with one attached hydrogen (secondary N) is 1. The highest BCUT2D eigenvalue weighted by Crippen LogP contribution is 2.19. The molecule has 3 rings (SSSR count). The first-order valence-corrected chi connectivity index (χ1v) is 7.03. The van der Waals surface area contributed by atoms with E-state index in [9.17, 15) is 0 Å².